The van der Waals surface area contributed by atoms with Crippen molar-refractivity contribution in [1.82, 2.24) is 14.4 Å². The lowest BCUT2D eigenvalue weighted by atomic mass is 10.4. The number of hydrogen-bond donors (Lipinski definition) is 1. The summed E-state index contributed by atoms with van der Waals surface area (Å²) in [7, 11) is 0. The molecule has 3 nitrogen and oxygen atoms in total. The lowest BCUT2D eigenvalue weighted by molar-refractivity contribution is 1.03. The van der Waals surface area contributed by atoms with E-state index in [4.69, 9.17) is 0 Å². The molecule has 0 unspecified atom stereocenters. The van der Waals surface area contributed by atoms with Gasteiger partial charge in [-0.1, -0.05) is 0 Å². The Labute approximate surface area is 75.9 Å². The molecule has 2 aromatic heterocycles. The Balaban J connectivity index is 2.88. The van der Waals surface area contributed by atoms with Crippen molar-refractivity contribution in [2.24, 2.45) is 0 Å². The van der Waals surface area contributed by atoms with E-state index in [1.54, 1.807) is 0 Å². The molecule has 12 heavy (non-hydrogen) atoms. The fraction of sp³-hybridized carbons (Fsp3) is 0.250. The minimum atomic E-state index is 0.727. The minimum absolute atomic E-state index is 0.727. The molecule has 0 aromatic carbocycles. The number of fused-ring (bicyclic) bond motifs is 1. The van der Waals surface area contributed by atoms with Crippen molar-refractivity contribution in [2.75, 3.05) is 0 Å². The topological polar surface area (TPSA) is 30.2 Å². The van der Waals surface area contributed by atoms with Crippen LogP contribution in [0.4, 0.5) is 0 Å². The van der Waals surface area contributed by atoms with Gasteiger partial charge in [0.15, 0.2) is 5.65 Å². The van der Waals surface area contributed by atoms with Gasteiger partial charge >= 0.3 is 0 Å². The van der Waals surface area contributed by atoms with Gasteiger partial charge in [0.1, 0.15) is 5.03 Å². The summed E-state index contributed by atoms with van der Waals surface area (Å²) >= 11 is 4.16. The zero-order valence-electron chi connectivity index (χ0n) is 6.94. The van der Waals surface area contributed by atoms with Crippen molar-refractivity contribution in [2.45, 2.75) is 18.9 Å². The Kier molecular flexibility index (Phi) is 1.58. The highest BCUT2D eigenvalue weighted by atomic mass is 32.1. The van der Waals surface area contributed by atoms with Crippen molar-refractivity contribution in [3.63, 3.8) is 0 Å². The quantitative estimate of drug-likeness (QED) is 0.623. The number of thiol groups is 1. The maximum Gasteiger partial charge on any atom is 0.159 e. The van der Waals surface area contributed by atoms with Gasteiger partial charge in [-0.2, -0.15) is 0 Å². The smallest absolute Gasteiger partial charge is 0.159 e. The fourth-order valence-electron chi connectivity index (χ4n) is 1.29. The summed E-state index contributed by atoms with van der Waals surface area (Å²) in [5.41, 5.74) is 2.81. The molecule has 0 spiro atoms. The first kappa shape index (κ1) is 7.61. The fourth-order valence-corrected chi connectivity index (χ4v) is 1.51. The lowest BCUT2D eigenvalue weighted by Crippen LogP contribution is -1.93. The van der Waals surface area contributed by atoms with Gasteiger partial charge in [-0.05, 0) is 13.8 Å². The van der Waals surface area contributed by atoms with Gasteiger partial charge in [-0.25, -0.2) is 4.98 Å². The standard InChI is InChI=1S/C8H9N3S/c1-5-3-11-4-7(12)10-8(11)6(2)9-5/h3-4,12H,1-2H3. The second kappa shape index (κ2) is 2.48. The van der Waals surface area contributed by atoms with Crippen LogP contribution in [0.1, 0.15) is 11.4 Å². The largest absolute Gasteiger partial charge is 0.303 e. The van der Waals surface area contributed by atoms with Crippen LogP contribution in [0, 0.1) is 13.8 Å². The van der Waals surface area contributed by atoms with Gasteiger partial charge in [0.25, 0.3) is 0 Å². The van der Waals surface area contributed by atoms with Gasteiger partial charge in [0.05, 0.1) is 11.4 Å². The zero-order chi connectivity index (χ0) is 8.72. The second-order valence-electron chi connectivity index (χ2n) is 2.80. The third-order valence-electron chi connectivity index (χ3n) is 1.71. The summed E-state index contributed by atoms with van der Waals surface area (Å²) in [5, 5.41) is 0.727. The Morgan fingerprint density at radius 3 is 2.75 bits per heavy atom. The maximum absolute atomic E-state index is 4.30. The molecule has 0 aliphatic carbocycles. The predicted molar refractivity (Wildman–Crippen MR) is 49.7 cm³/mol. The van der Waals surface area contributed by atoms with Crippen molar-refractivity contribution in [3.8, 4) is 0 Å². The SMILES string of the molecule is Cc1cn2cc(S)nc2c(C)n1. The molecule has 0 aliphatic heterocycles. The predicted octanol–water partition coefficient (Wildman–Crippen LogP) is 1.63. The van der Waals surface area contributed by atoms with Gasteiger partial charge in [0.2, 0.25) is 0 Å². The molecule has 0 amide bonds. The molecule has 2 heterocycles. The average molecular weight is 179 g/mol. The molecule has 0 saturated carbocycles. The maximum atomic E-state index is 4.30. The number of aromatic nitrogens is 3. The molecule has 0 N–H and O–H groups in total. The first-order chi connectivity index (χ1) is 5.66. The van der Waals surface area contributed by atoms with Crippen LogP contribution in [-0.2, 0) is 0 Å². The van der Waals surface area contributed by atoms with Crippen molar-refractivity contribution in [3.05, 3.63) is 23.8 Å². The highest BCUT2D eigenvalue weighted by Crippen LogP contribution is 2.11. The van der Waals surface area contributed by atoms with Crippen molar-refractivity contribution < 1.29 is 0 Å². The summed E-state index contributed by atoms with van der Waals surface area (Å²) < 4.78 is 1.94. The number of imidazole rings is 1. The molecular formula is C8H9N3S. The molecule has 2 aromatic rings. The van der Waals surface area contributed by atoms with Crippen LogP contribution in [0.5, 0.6) is 0 Å². The first-order valence-corrected chi connectivity index (χ1v) is 4.13. The molecule has 0 aliphatic rings. The number of rotatable bonds is 0. The second-order valence-corrected chi connectivity index (χ2v) is 3.26. The minimum Gasteiger partial charge on any atom is -0.303 e. The summed E-state index contributed by atoms with van der Waals surface area (Å²) in [4.78, 5) is 8.52. The van der Waals surface area contributed by atoms with E-state index in [-0.39, 0.29) is 0 Å². The molecular weight excluding hydrogens is 170 g/mol. The van der Waals surface area contributed by atoms with Crippen LogP contribution >= 0.6 is 12.6 Å². The van der Waals surface area contributed by atoms with E-state index in [9.17, 15) is 0 Å². The van der Waals surface area contributed by atoms with E-state index < -0.39 is 0 Å². The summed E-state index contributed by atoms with van der Waals surface area (Å²) in [6, 6.07) is 0. The molecule has 2 rings (SSSR count). The van der Waals surface area contributed by atoms with Gasteiger partial charge in [-0.3, -0.25) is 4.98 Å². The summed E-state index contributed by atoms with van der Waals surface area (Å²) in [5.74, 6) is 0. The van der Waals surface area contributed by atoms with E-state index >= 15 is 0 Å². The van der Waals surface area contributed by atoms with Gasteiger partial charge < -0.3 is 4.40 Å². The summed E-state index contributed by atoms with van der Waals surface area (Å²) in [6.07, 6.45) is 3.81. The first-order valence-electron chi connectivity index (χ1n) is 3.69. The molecule has 0 bridgehead atoms. The third kappa shape index (κ3) is 1.08. The third-order valence-corrected chi connectivity index (χ3v) is 1.93. The molecule has 0 radical (unpaired) electrons. The Morgan fingerprint density at radius 2 is 2.00 bits per heavy atom. The van der Waals surface area contributed by atoms with E-state index in [0.29, 0.717) is 0 Å². The highest BCUT2D eigenvalue weighted by molar-refractivity contribution is 7.80. The molecule has 62 valence electrons. The number of hydrogen-bond acceptors (Lipinski definition) is 3. The van der Waals surface area contributed by atoms with Crippen LogP contribution in [0.15, 0.2) is 17.4 Å². The van der Waals surface area contributed by atoms with E-state index in [2.05, 4.69) is 22.6 Å². The number of aryl methyl sites for hydroxylation is 2. The van der Waals surface area contributed by atoms with Crippen molar-refractivity contribution in [1.29, 1.82) is 0 Å². The van der Waals surface area contributed by atoms with Crippen molar-refractivity contribution >= 4 is 18.3 Å². The summed E-state index contributed by atoms with van der Waals surface area (Å²) in [6.45, 7) is 3.91. The van der Waals surface area contributed by atoms with Crippen LogP contribution in [-0.4, -0.2) is 14.4 Å². The normalized spacial score (nSPS) is 10.9. The van der Waals surface area contributed by atoms with Crippen LogP contribution in [0.3, 0.4) is 0 Å². The molecule has 0 fully saturated rings. The monoisotopic (exact) mass is 179 g/mol. The zero-order valence-corrected chi connectivity index (χ0v) is 7.84. The van der Waals surface area contributed by atoms with E-state index in [1.165, 1.54) is 0 Å². The Morgan fingerprint density at radius 1 is 1.25 bits per heavy atom. The lowest BCUT2D eigenvalue weighted by Gasteiger charge is -1.97. The van der Waals surface area contributed by atoms with Gasteiger partial charge in [-0.15, -0.1) is 12.6 Å². The number of nitrogens with zero attached hydrogens (tertiary/aromatic N) is 3. The van der Waals surface area contributed by atoms with E-state index in [0.717, 1.165) is 22.1 Å². The molecule has 4 heteroatoms. The van der Waals surface area contributed by atoms with Crippen LogP contribution in [0.25, 0.3) is 5.65 Å². The highest BCUT2D eigenvalue weighted by Gasteiger charge is 2.02. The Bertz CT molecular complexity index is 433. The van der Waals surface area contributed by atoms with Gasteiger partial charge in [0, 0.05) is 12.4 Å². The average Bonchev–Trinajstić information content (AvgIpc) is 2.29. The molecule has 0 saturated heterocycles. The van der Waals surface area contributed by atoms with Crippen LogP contribution in [0.2, 0.25) is 0 Å². The van der Waals surface area contributed by atoms with E-state index in [1.807, 2.05) is 30.6 Å². The Hall–Kier alpha value is -1.03. The molecule has 0 atom stereocenters. The van der Waals surface area contributed by atoms with Crippen LogP contribution < -0.4 is 0 Å².